The summed E-state index contributed by atoms with van der Waals surface area (Å²) in [6.45, 7) is 8.91. The maximum atomic E-state index is 12.3. The van der Waals surface area contributed by atoms with Crippen LogP contribution >= 0.6 is 0 Å². The van der Waals surface area contributed by atoms with Gasteiger partial charge in [-0.3, -0.25) is 4.79 Å². The van der Waals surface area contributed by atoms with E-state index >= 15 is 0 Å². The van der Waals surface area contributed by atoms with E-state index in [1.54, 1.807) is 0 Å². The first-order chi connectivity index (χ1) is 9.70. The Morgan fingerprint density at radius 3 is 2.75 bits per heavy atom. The molecule has 1 aromatic rings. The molecule has 0 radical (unpaired) electrons. The van der Waals surface area contributed by atoms with Gasteiger partial charge in [0.15, 0.2) is 0 Å². The molecular formula is C16H25N3O. The second-order valence-electron chi connectivity index (χ2n) is 5.38. The van der Waals surface area contributed by atoms with Gasteiger partial charge in [0.25, 0.3) is 5.91 Å². The number of carbonyl (C=O) groups excluding carboxylic acids is 1. The minimum absolute atomic E-state index is 0.0140. The van der Waals surface area contributed by atoms with Gasteiger partial charge in [0.2, 0.25) is 0 Å². The summed E-state index contributed by atoms with van der Waals surface area (Å²) in [7, 11) is 0. The Labute approximate surface area is 121 Å². The van der Waals surface area contributed by atoms with E-state index in [2.05, 4.69) is 15.5 Å². The molecule has 1 heterocycles. The summed E-state index contributed by atoms with van der Waals surface area (Å²) in [6, 6.07) is 5.91. The van der Waals surface area contributed by atoms with Crippen molar-refractivity contribution in [1.29, 1.82) is 0 Å². The van der Waals surface area contributed by atoms with Crippen LogP contribution in [0.4, 0.5) is 5.69 Å². The average molecular weight is 275 g/mol. The van der Waals surface area contributed by atoms with E-state index < -0.39 is 0 Å². The summed E-state index contributed by atoms with van der Waals surface area (Å²) in [5.74, 6) is 0.0140. The van der Waals surface area contributed by atoms with Crippen LogP contribution in [0.25, 0.3) is 0 Å². The van der Waals surface area contributed by atoms with Gasteiger partial charge in [-0.25, -0.2) is 0 Å². The highest BCUT2D eigenvalue weighted by atomic mass is 16.1. The van der Waals surface area contributed by atoms with E-state index in [1.807, 2.05) is 32.0 Å². The minimum atomic E-state index is 0.0140. The third kappa shape index (κ3) is 3.97. The zero-order chi connectivity index (χ0) is 14.4. The third-order valence-electron chi connectivity index (χ3n) is 3.70. The number of nitrogens with one attached hydrogen (secondary N) is 2. The largest absolute Gasteiger partial charge is 0.385 e. The lowest BCUT2D eigenvalue weighted by Gasteiger charge is -2.16. The first-order valence-corrected chi connectivity index (χ1v) is 7.56. The fourth-order valence-corrected chi connectivity index (χ4v) is 2.62. The molecule has 4 heteroatoms. The molecule has 0 unspecified atom stereocenters. The maximum absolute atomic E-state index is 12.3. The summed E-state index contributed by atoms with van der Waals surface area (Å²) >= 11 is 0. The first-order valence-electron chi connectivity index (χ1n) is 7.56. The van der Waals surface area contributed by atoms with E-state index in [0.29, 0.717) is 0 Å². The molecule has 1 aromatic carbocycles. The van der Waals surface area contributed by atoms with Crippen molar-refractivity contribution < 1.29 is 4.79 Å². The normalized spacial score (nSPS) is 15.3. The highest BCUT2D eigenvalue weighted by Crippen LogP contribution is 2.17. The molecule has 4 nitrogen and oxygen atoms in total. The SMILES string of the molecule is CCNc1cc(C)ccc1C(=O)NCCN1CCCC1. The second kappa shape index (κ2) is 7.29. The number of nitrogens with zero attached hydrogens (tertiary/aromatic N) is 1. The molecule has 1 aliphatic rings. The molecule has 0 aliphatic carbocycles. The Bertz CT molecular complexity index is 453. The van der Waals surface area contributed by atoms with Crippen molar-refractivity contribution in [1.82, 2.24) is 10.2 Å². The van der Waals surface area contributed by atoms with E-state index in [0.717, 1.165) is 36.4 Å². The van der Waals surface area contributed by atoms with E-state index in [9.17, 15) is 4.79 Å². The van der Waals surface area contributed by atoms with Crippen molar-refractivity contribution in [2.24, 2.45) is 0 Å². The number of hydrogen-bond acceptors (Lipinski definition) is 3. The van der Waals surface area contributed by atoms with Crippen LogP contribution in [0, 0.1) is 6.92 Å². The van der Waals surface area contributed by atoms with Gasteiger partial charge < -0.3 is 15.5 Å². The Hall–Kier alpha value is -1.55. The predicted octanol–water partition coefficient (Wildman–Crippen LogP) is 2.25. The van der Waals surface area contributed by atoms with Gasteiger partial charge in [0.05, 0.1) is 5.56 Å². The molecule has 20 heavy (non-hydrogen) atoms. The highest BCUT2D eigenvalue weighted by Gasteiger charge is 2.13. The number of hydrogen-bond donors (Lipinski definition) is 2. The number of rotatable bonds is 6. The molecule has 0 bridgehead atoms. The zero-order valence-corrected chi connectivity index (χ0v) is 12.5. The lowest BCUT2D eigenvalue weighted by molar-refractivity contribution is 0.0950. The molecule has 1 aliphatic heterocycles. The molecule has 0 aromatic heterocycles. The molecule has 0 spiro atoms. The predicted molar refractivity (Wildman–Crippen MR) is 83.3 cm³/mol. The third-order valence-corrected chi connectivity index (χ3v) is 3.70. The molecule has 0 saturated carbocycles. The molecule has 0 atom stereocenters. The molecule has 1 fully saturated rings. The lowest BCUT2D eigenvalue weighted by atomic mass is 10.1. The van der Waals surface area contributed by atoms with Crippen LogP contribution < -0.4 is 10.6 Å². The lowest BCUT2D eigenvalue weighted by Crippen LogP contribution is -2.33. The smallest absolute Gasteiger partial charge is 0.253 e. The van der Waals surface area contributed by atoms with Crippen LogP contribution in [-0.4, -0.2) is 43.5 Å². The zero-order valence-electron chi connectivity index (χ0n) is 12.5. The second-order valence-corrected chi connectivity index (χ2v) is 5.38. The Balaban J connectivity index is 1.90. The van der Waals surface area contributed by atoms with Crippen LogP contribution in [0.3, 0.4) is 0 Å². The van der Waals surface area contributed by atoms with Gasteiger partial charge >= 0.3 is 0 Å². The number of amides is 1. The summed E-state index contributed by atoms with van der Waals surface area (Å²) in [6.07, 6.45) is 2.58. The molecule has 1 saturated heterocycles. The van der Waals surface area contributed by atoms with Crippen LogP contribution in [0.15, 0.2) is 18.2 Å². The number of likely N-dealkylation sites (tertiary alicyclic amines) is 1. The van der Waals surface area contributed by atoms with Crippen LogP contribution in [0.1, 0.15) is 35.7 Å². The summed E-state index contributed by atoms with van der Waals surface area (Å²) < 4.78 is 0. The van der Waals surface area contributed by atoms with Crippen molar-refractivity contribution in [2.75, 3.05) is 38.0 Å². The van der Waals surface area contributed by atoms with Gasteiger partial charge in [0, 0.05) is 25.3 Å². The van der Waals surface area contributed by atoms with Gasteiger partial charge in [-0.15, -0.1) is 0 Å². The van der Waals surface area contributed by atoms with Crippen LogP contribution in [-0.2, 0) is 0 Å². The van der Waals surface area contributed by atoms with Crippen molar-refractivity contribution in [3.63, 3.8) is 0 Å². The molecule has 2 N–H and O–H groups in total. The molecule has 2 rings (SSSR count). The van der Waals surface area contributed by atoms with E-state index in [-0.39, 0.29) is 5.91 Å². The van der Waals surface area contributed by atoms with E-state index in [4.69, 9.17) is 0 Å². The van der Waals surface area contributed by atoms with Crippen LogP contribution in [0.5, 0.6) is 0 Å². The number of aryl methyl sites for hydroxylation is 1. The Kier molecular flexibility index (Phi) is 5.41. The van der Waals surface area contributed by atoms with Gasteiger partial charge in [-0.2, -0.15) is 0 Å². The standard InChI is InChI=1S/C16H25N3O/c1-3-17-15-12-13(2)6-7-14(15)16(20)18-8-11-19-9-4-5-10-19/h6-7,12,17H,3-5,8-11H2,1-2H3,(H,18,20). The van der Waals surface area contributed by atoms with Gasteiger partial charge in [-0.1, -0.05) is 6.07 Å². The van der Waals surface area contributed by atoms with Crippen molar-refractivity contribution >= 4 is 11.6 Å². The monoisotopic (exact) mass is 275 g/mol. The fourth-order valence-electron chi connectivity index (χ4n) is 2.62. The number of anilines is 1. The minimum Gasteiger partial charge on any atom is -0.385 e. The summed E-state index contributed by atoms with van der Waals surface area (Å²) in [5, 5.41) is 6.28. The topological polar surface area (TPSA) is 44.4 Å². The molecule has 110 valence electrons. The van der Waals surface area contributed by atoms with Crippen LogP contribution in [0.2, 0.25) is 0 Å². The Morgan fingerprint density at radius 1 is 1.30 bits per heavy atom. The fraction of sp³-hybridized carbons (Fsp3) is 0.562. The Morgan fingerprint density at radius 2 is 2.05 bits per heavy atom. The van der Waals surface area contributed by atoms with Gasteiger partial charge in [0.1, 0.15) is 0 Å². The van der Waals surface area contributed by atoms with Crippen molar-refractivity contribution in [3.8, 4) is 0 Å². The van der Waals surface area contributed by atoms with E-state index in [1.165, 1.54) is 25.9 Å². The summed E-state index contributed by atoms with van der Waals surface area (Å²) in [4.78, 5) is 14.7. The maximum Gasteiger partial charge on any atom is 0.253 e. The number of carbonyl (C=O) groups is 1. The van der Waals surface area contributed by atoms with Crippen molar-refractivity contribution in [2.45, 2.75) is 26.7 Å². The quantitative estimate of drug-likeness (QED) is 0.837. The van der Waals surface area contributed by atoms with Gasteiger partial charge in [-0.05, 0) is 57.5 Å². The molecular weight excluding hydrogens is 250 g/mol. The first kappa shape index (κ1) is 14.9. The number of benzene rings is 1. The molecule has 1 amide bonds. The highest BCUT2D eigenvalue weighted by molar-refractivity contribution is 5.99. The summed E-state index contributed by atoms with van der Waals surface area (Å²) in [5.41, 5.74) is 2.82. The van der Waals surface area contributed by atoms with Crippen molar-refractivity contribution in [3.05, 3.63) is 29.3 Å². The average Bonchev–Trinajstić information content (AvgIpc) is 2.92.